The number of rotatable bonds is 4. The lowest BCUT2D eigenvalue weighted by Crippen LogP contribution is -2.45. The lowest BCUT2D eigenvalue weighted by Gasteiger charge is -2.30. The molecule has 1 unspecified atom stereocenters. The molecule has 1 atom stereocenters. The van der Waals surface area contributed by atoms with Crippen molar-refractivity contribution in [3.63, 3.8) is 0 Å². The number of oxazole rings is 1. The lowest BCUT2D eigenvalue weighted by atomic mass is 10.2. The maximum absolute atomic E-state index is 11.0. The Morgan fingerprint density at radius 3 is 3.19 bits per heavy atom. The van der Waals surface area contributed by atoms with Crippen molar-refractivity contribution >= 4 is 17.3 Å². The number of hydrogen-bond acceptors (Lipinski definition) is 6. The smallest absolute Gasteiger partial charge is 0.334 e. The SMILES string of the molecule is Cc1oc(-c2cccs2)nc1CN1CCOC(C(=O)O)C1. The second-order valence-electron chi connectivity index (χ2n) is 4.93. The zero-order valence-corrected chi connectivity index (χ0v) is 12.4. The van der Waals surface area contributed by atoms with Crippen molar-refractivity contribution in [2.75, 3.05) is 19.7 Å². The summed E-state index contributed by atoms with van der Waals surface area (Å²) in [4.78, 5) is 18.6. The highest BCUT2D eigenvalue weighted by Gasteiger charge is 2.27. The predicted octanol–water partition coefficient (Wildman–Crippen LogP) is 2.00. The van der Waals surface area contributed by atoms with Gasteiger partial charge in [-0.3, -0.25) is 4.90 Å². The molecule has 1 N–H and O–H groups in total. The second-order valence-corrected chi connectivity index (χ2v) is 5.88. The molecule has 0 radical (unpaired) electrons. The molecule has 1 aliphatic heterocycles. The molecular formula is C14H16N2O4S. The second kappa shape index (κ2) is 5.97. The van der Waals surface area contributed by atoms with E-state index >= 15 is 0 Å². The molecule has 0 amide bonds. The van der Waals surface area contributed by atoms with Gasteiger partial charge in [0, 0.05) is 19.6 Å². The number of aliphatic carboxylic acids is 1. The van der Waals surface area contributed by atoms with E-state index in [1.807, 2.05) is 29.3 Å². The first kappa shape index (κ1) is 14.2. The molecule has 6 nitrogen and oxygen atoms in total. The molecule has 3 heterocycles. The van der Waals surface area contributed by atoms with Crippen molar-refractivity contribution in [3.05, 3.63) is 29.0 Å². The normalized spacial score (nSPS) is 19.8. The molecule has 0 aliphatic carbocycles. The average molecular weight is 308 g/mol. The quantitative estimate of drug-likeness (QED) is 0.931. The summed E-state index contributed by atoms with van der Waals surface area (Å²) in [5.41, 5.74) is 0.851. The average Bonchev–Trinajstić information content (AvgIpc) is 3.10. The molecule has 3 rings (SSSR count). The molecule has 0 spiro atoms. The Kier molecular flexibility index (Phi) is 4.05. The maximum atomic E-state index is 11.0. The molecule has 1 saturated heterocycles. The zero-order chi connectivity index (χ0) is 14.8. The molecule has 2 aromatic rings. The van der Waals surface area contributed by atoms with Crippen LogP contribution in [0.4, 0.5) is 0 Å². The van der Waals surface area contributed by atoms with Crippen LogP contribution in [0.3, 0.4) is 0 Å². The van der Waals surface area contributed by atoms with Gasteiger partial charge in [-0.15, -0.1) is 11.3 Å². The molecule has 1 aliphatic rings. The number of nitrogens with zero attached hydrogens (tertiary/aromatic N) is 2. The Bertz CT molecular complexity index is 623. The number of ether oxygens (including phenoxy) is 1. The first-order chi connectivity index (χ1) is 10.1. The Morgan fingerprint density at radius 2 is 2.48 bits per heavy atom. The molecule has 112 valence electrons. The van der Waals surface area contributed by atoms with Gasteiger partial charge in [0.2, 0.25) is 5.89 Å². The standard InChI is InChI=1S/C14H16N2O4S/c1-9-10(15-13(20-9)12-3-2-6-21-12)7-16-4-5-19-11(8-16)14(17)18/h2-3,6,11H,4-5,7-8H2,1H3,(H,17,18). The van der Waals surface area contributed by atoms with E-state index < -0.39 is 12.1 Å². The third-order valence-corrected chi connectivity index (χ3v) is 4.28. The molecule has 7 heteroatoms. The number of thiophene rings is 1. The van der Waals surface area contributed by atoms with E-state index in [0.29, 0.717) is 32.1 Å². The summed E-state index contributed by atoms with van der Waals surface area (Å²) < 4.78 is 10.9. The van der Waals surface area contributed by atoms with Crippen LogP contribution in [-0.4, -0.2) is 46.8 Å². The van der Waals surface area contributed by atoms with Gasteiger partial charge in [0.15, 0.2) is 6.10 Å². The van der Waals surface area contributed by atoms with Gasteiger partial charge in [-0.05, 0) is 18.4 Å². The van der Waals surface area contributed by atoms with E-state index in [1.54, 1.807) is 11.3 Å². The number of carboxylic acids is 1. The summed E-state index contributed by atoms with van der Waals surface area (Å²) in [6.45, 7) is 3.95. The fourth-order valence-electron chi connectivity index (χ4n) is 2.29. The zero-order valence-electron chi connectivity index (χ0n) is 11.6. The molecule has 1 fully saturated rings. The maximum Gasteiger partial charge on any atom is 0.334 e. The number of aromatic nitrogens is 1. The lowest BCUT2D eigenvalue weighted by molar-refractivity contribution is -0.156. The summed E-state index contributed by atoms with van der Waals surface area (Å²) in [6, 6.07) is 3.92. The van der Waals surface area contributed by atoms with Crippen molar-refractivity contribution in [2.24, 2.45) is 0 Å². The molecular weight excluding hydrogens is 292 g/mol. The summed E-state index contributed by atoms with van der Waals surface area (Å²) in [7, 11) is 0. The predicted molar refractivity (Wildman–Crippen MR) is 77.2 cm³/mol. The first-order valence-electron chi connectivity index (χ1n) is 6.70. The van der Waals surface area contributed by atoms with E-state index in [0.717, 1.165) is 16.3 Å². The first-order valence-corrected chi connectivity index (χ1v) is 7.58. The fourth-order valence-corrected chi connectivity index (χ4v) is 2.94. The van der Waals surface area contributed by atoms with E-state index in [-0.39, 0.29) is 0 Å². The molecule has 0 bridgehead atoms. The van der Waals surface area contributed by atoms with Crippen molar-refractivity contribution in [1.82, 2.24) is 9.88 Å². The Hall–Kier alpha value is -1.70. The largest absolute Gasteiger partial charge is 0.479 e. The summed E-state index contributed by atoms with van der Waals surface area (Å²) in [5.74, 6) is 0.480. The highest BCUT2D eigenvalue weighted by molar-refractivity contribution is 7.13. The van der Waals surface area contributed by atoms with E-state index in [9.17, 15) is 4.79 Å². The van der Waals surface area contributed by atoms with Crippen LogP contribution in [0.1, 0.15) is 11.5 Å². The highest BCUT2D eigenvalue weighted by Crippen LogP contribution is 2.26. The molecule has 0 aromatic carbocycles. The number of carboxylic acid groups (broad SMARTS) is 1. The van der Waals surface area contributed by atoms with Crippen LogP contribution in [0.5, 0.6) is 0 Å². The van der Waals surface area contributed by atoms with Crippen LogP contribution in [0, 0.1) is 6.92 Å². The van der Waals surface area contributed by atoms with Crippen molar-refractivity contribution in [2.45, 2.75) is 19.6 Å². The minimum absolute atomic E-state index is 0.371. The minimum Gasteiger partial charge on any atom is -0.479 e. The summed E-state index contributed by atoms with van der Waals surface area (Å²) in [6.07, 6.45) is -0.761. The minimum atomic E-state index is -0.921. The number of hydrogen-bond donors (Lipinski definition) is 1. The third-order valence-electron chi connectivity index (χ3n) is 3.42. The van der Waals surface area contributed by atoms with Gasteiger partial charge >= 0.3 is 5.97 Å². The van der Waals surface area contributed by atoms with Crippen LogP contribution < -0.4 is 0 Å². The third kappa shape index (κ3) is 3.15. The van der Waals surface area contributed by atoms with Gasteiger partial charge in [0.05, 0.1) is 17.2 Å². The number of carbonyl (C=O) groups is 1. The van der Waals surface area contributed by atoms with Gasteiger partial charge in [-0.1, -0.05) is 6.07 Å². The van der Waals surface area contributed by atoms with Gasteiger partial charge in [0.25, 0.3) is 0 Å². The van der Waals surface area contributed by atoms with E-state index in [1.165, 1.54) is 0 Å². The number of aryl methyl sites for hydroxylation is 1. The van der Waals surface area contributed by atoms with Crippen LogP contribution in [0.25, 0.3) is 10.8 Å². The van der Waals surface area contributed by atoms with Crippen LogP contribution >= 0.6 is 11.3 Å². The summed E-state index contributed by atoms with van der Waals surface area (Å²) >= 11 is 1.58. The van der Waals surface area contributed by atoms with Gasteiger partial charge in [-0.25, -0.2) is 9.78 Å². The highest BCUT2D eigenvalue weighted by atomic mass is 32.1. The topological polar surface area (TPSA) is 75.8 Å². The van der Waals surface area contributed by atoms with Gasteiger partial charge in [-0.2, -0.15) is 0 Å². The van der Waals surface area contributed by atoms with Gasteiger partial charge < -0.3 is 14.3 Å². The molecule has 2 aromatic heterocycles. The van der Waals surface area contributed by atoms with E-state index in [4.69, 9.17) is 14.3 Å². The van der Waals surface area contributed by atoms with Crippen molar-refractivity contribution < 1.29 is 19.1 Å². The van der Waals surface area contributed by atoms with Crippen LogP contribution in [-0.2, 0) is 16.1 Å². The van der Waals surface area contributed by atoms with Crippen LogP contribution in [0.2, 0.25) is 0 Å². The monoisotopic (exact) mass is 308 g/mol. The Labute approximate surface area is 126 Å². The van der Waals surface area contributed by atoms with E-state index in [2.05, 4.69) is 4.98 Å². The molecule has 0 saturated carbocycles. The van der Waals surface area contributed by atoms with Crippen molar-refractivity contribution in [1.29, 1.82) is 0 Å². The Balaban J connectivity index is 1.71. The van der Waals surface area contributed by atoms with Crippen molar-refractivity contribution in [3.8, 4) is 10.8 Å². The summed E-state index contributed by atoms with van der Waals surface area (Å²) in [5, 5.41) is 11.0. The Morgan fingerprint density at radius 1 is 1.62 bits per heavy atom. The molecule has 21 heavy (non-hydrogen) atoms. The fraction of sp³-hybridized carbons (Fsp3) is 0.429. The van der Waals surface area contributed by atoms with Gasteiger partial charge in [0.1, 0.15) is 5.76 Å². The van der Waals surface area contributed by atoms with Crippen LogP contribution in [0.15, 0.2) is 21.9 Å². The number of morpholine rings is 1.